The van der Waals surface area contributed by atoms with Crippen molar-refractivity contribution in [3.63, 3.8) is 0 Å². The van der Waals surface area contributed by atoms with Crippen LogP contribution in [0.1, 0.15) is 11.3 Å². The van der Waals surface area contributed by atoms with E-state index in [2.05, 4.69) is 10.3 Å². The Morgan fingerprint density at radius 2 is 2.26 bits per heavy atom. The number of thiazole rings is 1. The summed E-state index contributed by atoms with van der Waals surface area (Å²) in [6.45, 7) is 1.71. The highest BCUT2D eigenvalue weighted by atomic mass is 32.1. The van der Waals surface area contributed by atoms with Crippen LogP contribution in [-0.2, 0) is 11.2 Å². The molecule has 0 saturated heterocycles. The van der Waals surface area contributed by atoms with Gasteiger partial charge in [0, 0.05) is 11.6 Å². The summed E-state index contributed by atoms with van der Waals surface area (Å²) in [6.07, 6.45) is 1.80. The van der Waals surface area contributed by atoms with Gasteiger partial charge in [0.1, 0.15) is 11.4 Å². The zero-order chi connectivity index (χ0) is 16.4. The number of fused-ring (bicyclic) bond motifs is 1. The summed E-state index contributed by atoms with van der Waals surface area (Å²) in [4.78, 5) is 29.6. The van der Waals surface area contributed by atoms with Crippen molar-refractivity contribution < 1.29 is 9.53 Å². The van der Waals surface area contributed by atoms with Crippen molar-refractivity contribution in [1.82, 2.24) is 9.38 Å². The fraction of sp³-hybridized carbons (Fsp3) is 0.188. The lowest BCUT2D eigenvalue weighted by atomic mass is 10.1. The van der Waals surface area contributed by atoms with Crippen LogP contribution in [0.2, 0.25) is 0 Å². The van der Waals surface area contributed by atoms with Gasteiger partial charge in [-0.2, -0.15) is 0 Å². The van der Waals surface area contributed by atoms with Gasteiger partial charge in [0.25, 0.3) is 5.56 Å². The molecule has 3 rings (SSSR count). The lowest BCUT2D eigenvalue weighted by Gasteiger charge is -2.08. The molecule has 0 aliphatic rings. The zero-order valence-corrected chi connectivity index (χ0v) is 13.5. The Morgan fingerprint density at radius 3 is 3.04 bits per heavy atom. The topological polar surface area (TPSA) is 72.7 Å². The third-order valence-electron chi connectivity index (χ3n) is 3.41. The Morgan fingerprint density at radius 1 is 1.43 bits per heavy atom. The number of nitrogens with zero attached hydrogens (tertiary/aromatic N) is 2. The van der Waals surface area contributed by atoms with Gasteiger partial charge < -0.3 is 10.1 Å². The van der Waals surface area contributed by atoms with E-state index in [1.807, 2.05) is 18.2 Å². The van der Waals surface area contributed by atoms with Gasteiger partial charge in [-0.3, -0.25) is 14.0 Å². The average Bonchev–Trinajstić information content (AvgIpc) is 3.00. The predicted octanol–water partition coefficient (Wildman–Crippen LogP) is 2.25. The molecule has 7 heteroatoms. The normalized spacial score (nSPS) is 10.7. The summed E-state index contributed by atoms with van der Waals surface area (Å²) in [6, 6.07) is 7.26. The third-order valence-corrected chi connectivity index (χ3v) is 4.17. The van der Waals surface area contributed by atoms with Crippen LogP contribution in [0.25, 0.3) is 4.96 Å². The van der Waals surface area contributed by atoms with E-state index in [9.17, 15) is 9.59 Å². The van der Waals surface area contributed by atoms with Crippen molar-refractivity contribution in [3.05, 3.63) is 57.5 Å². The first-order valence-corrected chi connectivity index (χ1v) is 7.85. The van der Waals surface area contributed by atoms with Crippen LogP contribution in [0.4, 0.5) is 5.69 Å². The average molecular weight is 329 g/mol. The standard InChI is InChI=1S/C16H15N3O3S/c1-10-14(15(21)19-6-7-23-16(19)17-10)18-13(20)9-11-4-3-5-12(8-11)22-2/h3-8H,9H2,1-2H3,(H,18,20). The third kappa shape index (κ3) is 3.09. The molecule has 1 N–H and O–H groups in total. The molecule has 0 fully saturated rings. The van der Waals surface area contributed by atoms with Crippen molar-refractivity contribution in [1.29, 1.82) is 0 Å². The number of benzene rings is 1. The van der Waals surface area contributed by atoms with E-state index in [4.69, 9.17) is 4.74 Å². The lowest BCUT2D eigenvalue weighted by molar-refractivity contribution is -0.115. The van der Waals surface area contributed by atoms with Gasteiger partial charge in [-0.05, 0) is 24.6 Å². The highest BCUT2D eigenvalue weighted by Crippen LogP contribution is 2.15. The van der Waals surface area contributed by atoms with Crippen LogP contribution in [0, 0.1) is 6.92 Å². The summed E-state index contributed by atoms with van der Waals surface area (Å²) in [5.41, 5.74) is 1.27. The molecule has 1 aromatic carbocycles. The number of rotatable bonds is 4. The molecule has 0 aliphatic carbocycles. The minimum Gasteiger partial charge on any atom is -0.497 e. The second-order valence-electron chi connectivity index (χ2n) is 5.01. The second kappa shape index (κ2) is 6.21. The fourth-order valence-corrected chi connectivity index (χ4v) is 3.03. The molecule has 23 heavy (non-hydrogen) atoms. The maximum absolute atomic E-state index is 12.4. The maximum Gasteiger partial charge on any atom is 0.282 e. The van der Waals surface area contributed by atoms with Gasteiger partial charge >= 0.3 is 0 Å². The van der Waals surface area contributed by atoms with Crippen LogP contribution in [0.5, 0.6) is 5.75 Å². The largest absolute Gasteiger partial charge is 0.497 e. The van der Waals surface area contributed by atoms with Crippen LogP contribution in [-0.4, -0.2) is 22.4 Å². The highest BCUT2D eigenvalue weighted by Gasteiger charge is 2.13. The molecule has 0 radical (unpaired) electrons. The van der Waals surface area contributed by atoms with E-state index in [-0.39, 0.29) is 23.6 Å². The quantitative estimate of drug-likeness (QED) is 0.797. The van der Waals surface area contributed by atoms with Crippen molar-refractivity contribution in [2.45, 2.75) is 13.3 Å². The molecule has 6 nitrogen and oxygen atoms in total. The van der Waals surface area contributed by atoms with E-state index in [1.165, 1.54) is 15.7 Å². The first kappa shape index (κ1) is 15.2. The van der Waals surface area contributed by atoms with Gasteiger partial charge in [0.05, 0.1) is 19.2 Å². The summed E-state index contributed by atoms with van der Waals surface area (Å²) < 4.78 is 6.57. The monoisotopic (exact) mass is 329 g/mol. The van der Waals surface area contributed by atoms with E-state index in [0.29, 0.717) is 16.4 Å². The first-order valence-electron chi connectivity index (χ1n) is 6.97. The summed E-state index contributed by atoms with van der Waals surface area (Å²) in [7, 11) is 1.57. The Bertz CT molecular complexity index is 930. The molecular formula is C16H15N3O3S. The van der Waals surface area contributed by atoms with Crippen LogP contribution in [0.3, 0.4) is 0 Å². The van der Waals surface area contributed by atoms with E-state index in [0.717, 1.165) is 5.56 Å². The second-order valence-corrected chi connectivity index (χ2v) is 5.88. The number of ether oxygens (including phenoxy) is 1. The van der Waals surface area contributed by atoms with Crippen LogP contribution in [0.15, 0.2) is 40.6 Å². The Kier molecular flexibility index (Phi) is 4.12. The minimum absolute atomic E-state index is 0.155. The number of anilines is 1. The van der Waals surface area contributed by atoms with E-state index in [1.54, 1.807) is 31.7 Å². The van der Waals surface area contributed by atoms with Gasteiger partial charge in [0.2, 0.25) is 5.91 Å². The molecule has 0 aliphatic heterocycles. The number of aromatic nitrogens is 2. The molecule has 3 aromatic rings. The number of amides is 1. The van der Waals surface area contributed by atoms with Crippen molar-refractivity contribution in [3.8, 4) is 5.75 Å². The van der Waals surface area contributed by atoms with Gasteiger partial charge in [0.15, 0.2) is 4.96 Å². The smallest absolute Gasteiger partial charge is 0.282 e. The number of nitrogens with one attached hydrogen (secondary N) is 1. The number of carbonyl (C=O) groups is 1. The Labute approximate surface area is 136 Å². The fourth-order valence-electron chi connectivity index (χ4n) is 2.28. The van der Waals surface area contributed by atoms with Gasteiger partial charge in [-0.15, -0.1) is 11.3 Å². The molecular weight excluding hydrogens is 314 g/mol. The van der Waals surface area contributed by atoms with Crippen LogP contribution >= 0.6 is 11.3 Å². The van der Waals surface area contributed by atoms with E-state index >= 15 is 0 Å². The SMILES string of the molecule is COc1cccc(CC(=O)Nc2c(C)nc3sccn3c2=O)c1. The highest BCUT2D eigenvalue weighted by molar-refractivity contribution is 7.15. The van der Waals surface area contributed by atoms with Crippen molar-refractivity contribution in [2.24, 2.45) is 0 Å². The number of methoxy groups -OCH3 is 1. The Balaban J connectivity index is 1.84. The Hall–Kier alpha value is -2.67. The molecule has 0 atom stereocenters. The molecule has 118 valence electrons. The summed E-state index contributed by atoms with van der Waals surface area (Å²) in [5, 5.41) is 4.46. The lowest BCUT2D eigenvalue weighted by Crippen LogP contribution is -2.25. The maximum atomic E-state index is 12.4. The molecule has 2 aromatic heterocycles. The number of hydrogen-bond donors (Lipinski definition) is 1. The van der Waals surface area contributed by atoms with Crippen molar-refractivity contribution in [2.75, 3.05) is 12.4 Å². The number of hydrogen-bond acceptors (Lipinski definition) is 5. The minimum atomic E-state index is -0.271. The first-order chi connectivity index (χ1) is 11.1. The van der Waals surface area contributed by atoms with E-state index < -0.39 is 0 Å². The van der Waals surface area contributed by atoms with Crippen molar-refractivity contribution >= 4 is 27.9 Å². The number of carbonyl (C=O) groups excluding carboxylic acids is 1. The van der Waals surface area contributed by atoms with Gasteiger partial charge in [-0.25, -0.2) is 4.98 Å². The molecule has 0 saturated carbocycles. The molecule has 0 unspecified atom stereocenters. The molecule has 1 amide bonds. The molecule has 0 bridgehead atoms. The van der Waals surface area contributed by atoms with Gasteiger partial charge in [-0.1, -0.05) is 12.1 Å². The zero-order valence-electron chi connectivity index (χ0n) is 12.7. The molecule has 0 spiro atoms. The predicted molar refractivity (Wildman–Crippen MR) is 89.4 cm³/mol. The number of aryl methyl sites for hydroxylation is 1. The summed E-state index contributed by atoms with van der Waals surface area (Å²) >= 11 is 1.38. The summed E-state index contributed by atoms with van der Waals surface area (Å²) in [5.74, 6) is 0.420. The van der Waals surface area contributed by atoms with Crippen LogP contribution < -0.4 is 15.6 Å². The molecule has 2 heterocycles.